The number of rotatable bonds is 12. The Balaban J connectivity index is 3.09. The van der Waals surface area contributed by atoms with E-state index in [1.165, 1.54) is 7.11 Å². The van der Waals surface area contributed by atoms with Gasteiger partial charge < -0.3 is 23.6 Å². The summed E-state index contributed by atoms with van der Waals surface area (Å²) >= 11 is 5.66. The molecule has 2 unspecified atom stereocenters. The standard InChI is InChI=1S/C20H30NO6PS/c1-7-17(22)18(24-6)13-25-28(29,27-16-11-9-8-10-12-16)21-19(14(2)3)20(23)26-15(4)5/h1,8-12,14-15,17-19,22H,13H2,2-6H3,(H,21,29)/t17-,18+,19?,28?/m0/s1. The second-order valence-corrected chi connectivity index (χ2v) is 10.1. The fourth-order valence-electron chi connectivity index (χ4n) is 2.23. The Morgan fingerprint density at radius 2 is 1.90 bits per heavy atom. The second-order valence-electron chi connectivity index (χ2n) is 6.92. The van der Waals surface area contributed by atoms with Crippen molar-refractivity contribution in [2.75, 3.05) is 13.7 Å². The monoisotopic (exact) mass is 443 g/mol. The second kappa shape index (κ2) is 12.3. The molecule has 0 saturated carbocycles. The number of para-hydroxylation sites is 1. The number of carbonyl (C=O) groups excluding carboxylic acids is 1. The first-order valence-corrected chi connectivity index (χ1v) is 11.9. The van der Waals surface area contributed by atoms with Crippen molar-refractivity contribution < 1.29 is 28.4 Å². The van der Waals surface area contributed by atoms with Crippen LogP contribution < -0.4 is 9.61 Å². The van der Waals surface area contributed by atoms with E-state index in [9.17, 15) is 9.90 Å². The zero-order valence-electron chi connectivity index (χ0n) is 17.4. The number of hydrogen-bond donors (Lipinski definition) is 2. The van der Waals surface area contributed by atoms with E-state index in [4.69, 9.17) is 36.8 Å². The summed E-state index contributed by atoms with van der Waals surface area (Å²) in [5.41, 5.74) is 0. The Bertz CT molecular complexity index is 721. The molecule has 1 aromatic carbocycles. The number of ether oxygens (including phenoxy) is 2. The molecule has 7 nitrogen and oxygen atoms in total. The topological polar surface area (TPSA) is 86.3 Å². The number of benzene rings is 1. The lowest BCUT2D eigenvalue weighted by Gasteiger charge is -2.31. The quantitative estimate of drug-likeness (QED) is 0.290. The van der Waals surface area contributed by atoms with Crippen LogP contribution in [0.1, 0.15) is 27.7 Å². The Labute approximate surface area is 178 Å². The normalized spacial score (nSPS) is 16.5. The molecule has 0 bridgehead atoms. The number of aliphatic hydroxyl groups is 1. The van der Waals surface area contributed by atoms with Crippen LogP contribution in [0.4, 0.5) is 0 Å². The van der Waals surface area contributed by atoms with Gasteiger partial charge in [0.2, 0.25) is 0 Å². The predicted molar refractivity (Wildman–Crippen MR) is 116 cm³/mol. The summed E-state index contributed by atoms with van der Waals surface area (Å²) in [5.74, 6) is 2.09. The highest BCUT2D eigenvalue weighted by molar-refractivity contribution is 8.09. The molecule has 4 atom stereocenters. The van der Waals surface area contributed by atoms with Gasteiger partial charge in [0.25, 0.3) is 0 Å². The van der Waals surface area contributed by atoms with E-state index in [-0.39, 0.29) is 18.6 Å². The molecule has 9 heteroatoms. The van der Waals surface area contributed by atoms with E-state index >= 15 is 0 Å². The Hall–Kier alpha value is -1.46. The zero-order chi connectivity index (χ0) is 22.0. The molecule has 0 saturated heterocycles. The largest absolute Gasteiger partial charge is 0.462 e. The van der Waals surface area contributed by atoms with Gasteiger partial charge in [-0.3, -0.25) is 4.79 Å². The van der Waals surface area contributed by atoms with Crippen molar-refractivity contribution in [1.29, 1.82) is 0 Å². The van der Waals surface area contributed by atoms with Crippen LogP contribution in [-0.4, -0.2) is 49.1 Å². The van der Waals surface area contributed by atoms with E-state index in [0.29, 0.717) is 5.75 Å². The molecule has 0 radical (unpaired) electrons. The molecule has 0 aliphatic rings. The van der Waals surface area contributed by atoms with E-state index in [1.807, 2.05) is 19.9 Å². The highest BCUT2D eigenvalue weighted by atomic mass is 32.5. The van der Waals surface area contributed by atoms with Crippen LogP contribution in [0.2, 0.25) is 0 Å². The summed E-state index contributed by atoms with van der Waals surface area (Å²) < 4.78 is 22.3. The van der Waals surface area contributed by atoms with E-state index in [1.54, 1.807) is 38.1 Å². The van der Waals surface area contributed by atoms with Gasteiger partial charge in [-0.05, 0) is 43.7 Å². The minimum atomic E-state index is -3.24. The van der Waals surface area contributed by atoms with Crippen molar-refractivity contribution in [2.45, 2.75) is 52.0 Å². The lowest BCUT2D eigenvalue weighted by atomic mass is 10.1. The van der Waals surface area contributed by atoms with E-state index in [2.05, 4.69) is 11.0 Å². The molecular formula is C20H30NO6PS. The molecule has 0 spiro atoms. The number of carbonyl (C=O) groups is 1. The van der Waals surface area contributed by atoms with Crippen LogP contribution >= 0.6 is 6.64 Å². The van der Waals surface area contributed by atoms with Crippen molar-refractivity contribution in [2.24, 2.45) is 5.92 Å². The minimum absolute atomic E-state index is 0.122. The third-order valence-electron chi connectivity index (χ3n) is 3.77. The summed E-state index contributed by atoms with van der Waals surface area (Å²) in [5, 5.41) is 12.9. The Kier molecular flexibility index (Phi) is 10.8. The van der Waals surface area contributed by atoms with Crippen molar-refractivity contribution in [3.8, 4) is 18.1 Å². The van der Waals surface area contributed by atoms with Gasteiger partial charge >= 0.3 is 12.6 Å². The molecule has 0 heterocycles. The molecule has 1 aromatic rings. The van der Waals surface area contributed by atoms with Crippen LogP contribution in [-0.2, 0) is 30.6 Å². The van der Waals surface area contributed by atoms with Gasteiger partial charge in [-0.2, -0.15) is 0 Å². The average molecular weight is 444 g/mol. The van der Waals surface area contributed by atoms with Crippen LogP contribution in [0.15, 0.2) is 30.3 Å². The smallest absolute Gasteiger partial charge is 0.324 e. The van der Waals surface area contributed by atoms with Crippen LogP contribution in [0.5, 0.6) is 5.75 Å². The molecule has 162 valence electrons. The third-order valence-corrected chi connectivity index (χ3v) is 6.16. The predicted octanol–water partition coefficient (Wildman–Crippen LogP) is 2.88. The van der Waals surface area contributed by atoms with Gasteiger partial charge in [-0.25, -0.2) is 5.09 Å². The molecule has 2 N–H and O–H groups in total. The Morgan fingerprint density at radius 1 is 1.28 bits per heavy atom. The lowest BCUT2D eigenvalue weighted by Crippen LogP contribution is -2.43. The third kappa shape index (κ3) is 8.83. The maximum Gasteiger partial charge on any atom is 0.324 e. The summed E-state index contributed by atoms with van der Waals surface area (Å²) in [7, 11) is 1.40. The highest BCUT2D eigenvalue weighted by Gasteiger charge is 2.34. The van der Waals surface area contributed by atoms with Gasteiger partial charge in [0.1, 0.15) is 24.0 Å². The maximum atomic E-state index is 12.6. The fourth-order valence-corrected chi connectivity index (χ4v) is 4.68. The summed E-state index contributed by atoms with van der Waals surface area (Å²) in [4.78, 5) is 12.6. The van der Waals surface area contributed by atoms with Gasteiger partial charge in [-0.15, -0.1) is 6.42 Å². The average Bonchev–Trinajstić information content (AvgIpc) is 2.66. The molecule has 0 aliphatic heterocycles. The molecular weight excluding hydrogens is 413 g/mol. The molecule has 29 heavy (non-hydrogen) atoms. The first kappa shape index (κ1) is 25.6. The van der Waals surface area contributed by atoms with E-state index < -0.39 is 30.9 Å². The van der Waals surface area contributed by atoms with Crippen molar-refractivity contribution in [1.82, 2.24) is 5.09 Å². The maximum absolute atomic E-state index is 12.6. The van der Waals surface area contributed by atoms with Crippen LogP contribution in [0, 0.1) is 18.3 Å². The van der Waals surface area contributed by atoms with Crippen molar-refractivity contribution in [3.63, 3.8) is 0 Å². The van der Waals surface area contributed by atoms with Gasteiger partial charge in [0.15, 0.2) is 0 Å². The lowest BCUT2D eigenvalue weighted by molar-refractivity contribution is -0.150. The van der Waals surface area contributed by atoms with Gasteiger partial charge in [-0.1, -0.05) is 38.0 Å². The molecule has 0 amide bonds. The number of hydrogen-bond acceptors (Lipinski definition) is 7. The fraction of sp³-hybridized carbons (Fsp3) is 0.550. The van der Waals surface area contributed by atoms with Crippen LogP contribution in [0.25, 0.3) is 0 Å². The van der Waals surface area contributed by atoms with Gasteiger partial charge in [0.05, 0.1) is 12.7 Å². The summed E-state index contributed by atoms with van der Waals surface area (Å²) in [6.45, 7) is 3.90. The Morgan fingerprint density at radius 3 is 2.38 bits per heavy atom. The van der Waals surface area contributed by atoms with Crippen LogP contribution in [0.3, 0.4) is 0 Å². The number of nitrogens with one attached hydrogen (secondary N) is 1. The highest BCUT2D eigenvalue weighted by Crippen LogP contribution is 2.46. The first-order valence-electron chi connectivity index (χ1n) is 9.26. The van der Waals surface area contributed by atoms with E-state index in [0.717, 1.165) is 0 Å². The summed E-state index contributed by atoms with van der Waals surface area (Å²) in [6.07, 6.45) is 3.01. The van der Waals surface area contributed by atoms with Crippen molar-refractivity contribution >= 4 is 24.4 Å². The number of terminal acetylenes is 1. The molecule has 0 aliphatic carbocycles. The summed E-state index contributed by atoms with van der Waals surface area (Å²) in [6, 6.07) is 8.14. The number of aliphatic hydroxyl groups excluding tert-OH is 1. The molecule has 1 rings (SSSR count). The molecule has 0 fully saturated rings. The number of methoxy groups -OCH3 is 1. The van der Waals surface area contributed by atoms with Gasteiger partial charge in [0, 0.05) is 7.11 Å². The zero-order valence-corrected chi connectivity index (χ0v) is 19.1. The van der Waals surface area contributed by atoms with Crippen molar-refractivity contribution in [3.05, 3.63) is 30.3 Å². The molecule has 0 aromatic heterocycles. The SMILES string of the molecule is C#C[C@H](O)[C@@H](COP(=S)(NC(C(=O)OC(C)C)C(C)C)Oc1ccccc1)OC. The number of esters is 1. The minimum Gasteiger partial charge on any atom is -0.462 e. The first-order chi connectivity index (χ1) is 13.6.